The van der Waals surface area contributed by atoms with Crippen LogP contribution < -0.4 is 29.6 Å². The van der Waals surface area contributed by atoms with E-state index in [1.165, 1.54) is 0 Å². The number of fused-ring (bicyclic) bond motifs is 8. The number of H-pyrrole nitrogens is 2. The number of rotatable bonds is 28. The van der Waals surface area contributed by atoms with E-state index < -0.39 is 23.9 Å². The maximum atomic E-state index is 11.7. The summed E-state index contributed by atoms with van der Waals surface area (Å²) in [4.78, 5) is 65.5. The van der Waals surface area contributed by atoms with Gasteiger partial charge in [-0.2, -0.15) is 0 Å². The van der Waals surface area contributed by atoms with Crippen molar-refractivity contribution in [3.05, 3.63) is 143 Å². The first-order valence-corrected chi connectivity index (χ1v) is 29.5. The zero-order valence-corrected chi connectivity index (χ0v) is 48.8. The van der Waals surface area contributed by atoms with Crippen molar-refractivity contribution in [2.24, 2.45) is 0 Å². The van der Waals surface area contributed by atoms with Gasteiger partial charge >= 0.3 is 23.9 Å². The lowest BCUT2D eigenvalue weighted by Gasteiger charge is -2.11. The van der Waals surface area contributed by atoms with Crippen molar-refractivity contribution in [2.45, 2.75) is 38.5 Å². The molecule has 0 fully saturated rings. The largest absolute Gasteiger partial charge is 0.493 e. The fraction of sp³-hybridized carbons (Fsp3) is 0.281. The fourth-order valence-electron chi connectivity index (χ4n) is 9.56. The number of aromatic amines is 2. The number of ether oxygens (including phenoxy) is 8. The Hall–Kier alpha value is -8.02. The molecule has 4 aromatic carbocycles. The number of nitrogens with zero attached hydrogens (tertiary/aromatic N) is 2. The summed E-state index contributed by atoms with van der Waals surface area (Å²) >= 11 is 22.6. The highest BCUT2D eigenvalue weighted by molar-refractivity contribution is 6.27. The number of carbonyl (C=O) groups excluding carboxylic acids is 4. The molecule has 2 N–H and O–H groups in total. The molecule has 7 aromatic rings. The maximum absolute atomic E-state index is 11.7. The Morgan fingerprint density at radius 3 is 0.929 bits per heavy atom. The summed E-state index contributed by atoms with van der Waals surface area (Å²) < 4.78 is 45.7. The molecule has 0 saturated heterocycles. The zero-order chi connectivity index (χ0) is 58.6. The fourth-order valence-corrected chi connectivity index (χ4v) is 9.87. The van der Waals surface area contributed by atoms with E-state index in [1.807, 2.05) is 109 Å². The van der Waals surface area contributed by atoms with Gasteiger partial charge in [-0.3, -0.25) is 29.1 Å². The average molecular weight is 1220 g/mol. The van der Waals surface area contributed by atoms with Gasteiger partial charge in [0.1, 0.15) is 46.5 Å². The molecule has 20 heteroatoms. The molecule has 8 bridgehead atoms. The molecule has 0 saturated carbocycles. The first kappa shape index (κ1) is 60.6. The molecule has 2 aliphatic rings. The van der Waals surface area contributed by atoms with Crippen molar-refractivity contribution in [1.29, 1.82) is 0 Å². The van der Waals surface area contributed by atoms with Crippen LogP contribution in [0.25, 0.3) is 78.7 Å². The molecule has 0 spiro atoms. The third kappa shape index (κ3) is 16.2. The van der Waals surface area contributed by atoms with Crippen molar-refractivity contribution < 1.29 is 57.1 Å². The smallest absolute Gasteiger partial charge is 0.320 e. The van der Waals surface area contributed by atoms with Crippen molar-refractivity contribution >= 4 is 104 Å². The lowest BCUT2D eigenvalue weighted by atomic mass is 10.0. The number of benzene rings is 4. The molecule has 436 valence electrons. The Morgan fingerprint density at radius 1 is 0.369 bits per heavy atom. The topological polar surface area (TPSA) is 199 Å². The third-order valence-electron chi connectivity index (χ3n) is 13.2. The lowest BCUT2D eigenvalue weighted by molar-refractivity contribution is -0.141. The van der Waals surface area contributed by atoms with Gasteiger partial charge in [-0.25, -0.2) is 0 Å². The van der Waals surface area contributed by atoms with E-state index in [0.29, 0.717) is 88.0 Å². The number of nitrogens with one attached hydrogen (secondary N) is 2. The lowest BCUT2D eigenvalue weighted by Crippen LogP contribution is -2.10. The Morgan fingerprint density at radius 2 is 0.643 bits per heavy atom. The van der Waals surface area contributed by atoms with Gasteiger partial charge in [-0.1, -0.05) is 60.7 Å². The molecular formula is C64H60Cl4N4O12. The van der Waals surface area contributed by atoms with Gasteiger partial charge in [0.15, 0.2) is 0 Å². The second-order valence-corrected chi connectivity index (χ2v) is 20.2. The number of hydrogen-bond donors (Lipinski definition) is 2. The predicted octanol–water partition coefficient (Wildman–Crippen LogP) is 11.2. The predicted molar refractivity (Wildman–Crippen MR) is 325 cm³/mol. The standard InChI is InChI=1S/C64H60Cl4N4O12/c65-37-57(73)81-29-5-25-77-45-13-1-9-41(33-45)61-49-17-19-51(69-49)62(42-10-2-14-46(34-42)78-26-6-30-82-58(74)38-66)53-21-23-55(71-53)64(44-12-4-16-48(36-44)80-28-8-32-84-60(76)40-68)56-24-22-54(72-56)63(52-20-18-50(61)70-52)43-11-3-15-47(35-43)79-27-7-31-83-59(75)39-67/h1-4,9-19,22-24,33-36,69,72H,5-8,20-21,25-32,37-40H2. The van der Waals surface area contributed by atoms with Crippen LogP contribution in [0.15, 0.2) is 121 Å². The van der Waals surface area contributed by atoms with Crippen LogP contribution in [0.3, 0.4) is 0 Å². The van der Waals surface area contributed by atoms with E-state index in [-0.39, 0.29) is 49.9 Å². The minimum absolute atomic E-state index is 0.169. The van der Waals surface area contributed by atoms with E-state index in [9.17, 15) is 19.2 Å². The van der Waals surface area contributed by atoms with Crippen molar-refractivity contribution in [2.75, 3.05) is 76.4 Å². The molecule has 0 unspecified atom stereocenters. The number of hydrogen-bond acceptors (Lipinski definition) is 14. The molecule has 9 rings (SSSR count). The normalized spacial score (nSPS) is 11.7. The Bertz CT molecular complexity index is 3550. The third-order valence-corrected chi connectivity index (χ3v) is 14.1. The second-order valence-electron chi connectivity index (χ2n) is 19.1. The number of carbonyl (C=O) groups is 4. The number of halogens is 4. The van der Waals surface area contributed by atoms with E-state index in [1.54, 1.807) is 0 Å². The molecule has 16 nitrogen and oxygen atoms in total. The molecule has 3 aromatic heterocycles. The molecule has 0 aliphatic carbocycles. The van der Waals surface area contributed by atoms with Crippen molar-refractivity contribution in [3.8, 4) is 67.5 Å². The number of aromatic nitrogens is 4. The highest BCUT2D eigenvalue weighted by Gasteiger charge is 2.20. The first-order chi connectivity index (χ1) is 41.1. The highest BCUT2D eigenvalue weighted by atomic mass is 35.5. The molecule has 84 heavy (non-hydrogen) atoms. The van der Waals surface area contributed by atoms with Crippen LogP contribution in [0.1, 0.15) is 37.1 Å². The van der Waals surface area contributed by atoms with Crippen LogP contribution in [-0.2, 0) is 51.0 Å². The summed E-state index contributed by atoms with van der Waals surface area (Å²) in [6.45, 7) is 1.85. The van der Waals surface area contributed by atoms with Gasteiger partial charge in [0.2, 0.25) is 0 Å². The van der Waals surface area contributed by atoms with Gasteiger partial charge in [-0.15, -0.1) is 46.4 Å². The van der Waals surface area contributed by atoms with E-state index in [2.05, 4.69) is 34.3 Å². The molecule has 5 heterocycles. The number of esters is 4. The molecule has 0 atom stereocenters. The maximum Gasteiger partial charge on any atom is 0.320 e. The summed E-state index contributed by atoms with van der Waals surface area (Å²) in [7, 11) is 0. The SMILES string of the molecule is O=C(CCl)OCCCOc1cccc(-c2c3nc(c(-c4cccc(OCCCOC(=O)CCl)c4)c4ccc([nH]4)c(-c4cccc(OCCCOC(=O)CCl)c4)c4nc(c(-c5cccc(OCCCOC(=O)CCl)c5)c5ccc2[nH]5)=CC4)=CC3)c1. The monoisotopic (exact) mass is 1220 g/mol. The first-order valence-electron chi connectivity index (χ1n) is 27.3. The van der Waals surface area contributed by atoms with Crippen molar-refractivity contribution in [1.82, 2.24) is 19.9 Å². The molecule has 2 aliphatic heterocycles. The Balaban J connectivity index is 1.24. The summed E-state index contributed by atoms with van der Waals surface area (Å²) in [6, 6.07) is 39.5. The summed E-state index contributed by atoms with van der Waals surface area (Å²) in [5.41, 5.74) is 11.3. The Labute approximate surface area is 504 Å². The molecular weight excluding hydrogens is 1160 g/mol. The zero-order valence-electron chi connectivity index (χ0n) is 45.7. The average Bonchev–Trinajstić information content (AvgIpc) is 3.40. The van der Waals surface area contributed by atoms with Gasteiger partial charge in [0.05, 0.1) is 74.9 Å². The van der Waals surface area contributed by atoms with E-state index in [4.69, 9.17) is 94.3 Å². The van der Waals surface area contributed by atoms with Crippen molar-refractivity contribution in [3.63, 3.8) is 0 Å². The summed E-state index contributed by atoms with van der Waals surface area (Å²) in [5, 5.41) is 1.44. The highest BCUT2D eigenvalue weighted by Crippen LogP contribution is 2.36. The van der Waals surface area contributed by atoms with Gasteiger partial charge in [0.25, 0.3) is 0 Å². The minimum atomic E-state index is -0.490. The second kappa shape index (κ2) is 30.5. The van der Waals surface area contributed by atoms with Gasteiger partial charge < -0.3 is 47.9 Å². The van der Waals surface area contributed by atoms with Gasteiger partial charge in [-0.05, 0) is 95.1 Å². The summed E-state index contributed by atoms with van der Waals surface area (Å²) in [6.07, 6.45) is 7.02. The van der Waals surface area contributed by atoms with Crippen LogP contribution in [-0.4, -0.2) is 120 Å². The minimum Gasteiger partial charge on any atom is -0.493 e. The van der Waals surface area contributed by atoms with Crippen LogP contribution >= 0.6 is 46.4 Å². The number of alkyl halides is 4. The molecule has 0 radical (unpaired) electrons. The van der Waals surface area contributed by atoms with Gasteiger partial charge in [0, 0.05) is 82.8 Å². The Kier molecular flexibility index (Phi) is 22.0. The van der Waals surface area contributed by atoms with Crippen LogP contribution in [0, 0.1) is 0 Å². The van der Waals surface area contributed by atoms with E-state index in [0.717, 1.165) is 88.7 Å². The summed E-state index contributed by atoms with van der Waals surface area (Å²) in [5.74, 6) is -0.395. The van der Waals surface area contributed by atoms with Crippen LogP contribution in [0.2, 0.25) is 0 Å². The van der Waals surface area contributed by atoms with Crippen LogP contribution in [0.5, 0.6) is 23.0 Å². The molecule has 0 amide bonds. The van der Waals surface area contributed by atoms with E-state index >= 15 is 0 Å². The quantitative estimate of drug-likeness (QED) is 0.0203. The van der Waals surface area contributed by atoms with Crippen LogP contribution in [0.4, 0.5) is 0 Å².